The van der Waals surface area contributed by atoms with Gasteiger partial charge in [0.2, 0.25) is 5.95 Å². The summed E-state index contributed by atoms with van der Waals surface area (Å²) in [4.78, 5) is 4.35. The molecule has 0 spiro atoms. The van der Waals surface area contributed by atoms with E-state index >= 15 is 0 Å². The van der Waals surface area contributed by atoms with Crippen molar-refractivity contribution in [1.82, 2.24) is 15.2 Å². The van der Waals surface area contributed by atoms with E-state index in [4.69, 9.17) is 0 Å². The molecule has 2 rings (SSSR count). The predicted molar refractivity (Wildman–Crippen MR) is 77.1 cm³/mol. The first kappa shape index (κ1) is 13.3. The minimum absolute atomic E-state index is 0.544. The summed E-state index contributed by atoms with van der Waals surface area (Å²) < 4.78 is 0. The molecule has 2 N–H and O–H groups in total. The molecule has 19 heavy (non-hydrogen) atoms. The van der Waals surface area contributed by atoms with Gasteiger partial charge in [0.05, 0.1) is 6.20 Å². The second-order valence-corrected chi connectivity index (χ2v) is 4.43. The van der Waals surface area contributed by atoms with Gasteiger partial charge >= 0.3 is 0 Å². The first-order valence-electron chi connectivity index (χ1n) is 6.51. The van der Waals surface area contributed by atoms with Crippen LogP contribution in [0.25, 0.3) is 0 Å². The van der Waals surface area contributed by atoms with Crippen molar-refractivity contribution >= 4 is 11.8 Å². The Labute approximate surface area is 113 Å². The Morgan fingerprint density at radius 1 is 1.21 bits per heavy atom. The Hall–Kier alpha value is -2.17. The first-order chi connectivity index (χ1) is 9.28. The maximum atomic E-state index is 4.35. The molecule has 0 saturated carbocycles. The van der Waals surface area contributed by atoms with Crippen LogP contribution in [0.3, 0.4) is 0 Å². The summed E-state index contributed by atoms with van der Waals surface area (Å²) in [5.74, 6) is 1.30. The van der Waals surface area contributed by atoms with Crippen molar-refractivity contribution < 1.29 is 0 Å². The molecule has 5 nitrogen and oxygen atoms in total. The van der Waals surface area contributed by atoms with Gasteiger partial charge in [0, 0.05) is 13.1 Å². The van der Waals surface area contributed by atoms with Crippen LogP contribution in [-0.4, -0.2) is 21.7 Å². The van der Waals surface area contributed by atoms with E-state index in [1.165, 1.54) is 11.1 Å². The summed E-state index contributed by atoms with van der Waals surface area (Å²) in [6, 6.07) is 8.34. The highest BCUT2D eigenvalue weighted by atomic mass is 15.3. The van der Waals surface area contributed by atoms with Gasteiger partial charge in [0.1, 0.15) is 5.82 Å². The maximum Gasteiger partial charge on any atom is 0.244 e. The van der Waals surface area contributed by atoms with E-state index in [1.54, 1.807) is 6.20 Å². The zero-order chi connectivity index (χ0) is 13.5. The van der Waals surface area contributed by atoms with Crippen molar-refractivity contribution in [2.24, 2.45) is 0 Å². The molecule has 0 radical (unpaired) electrons. The molecule has 0 bridgehead atoms. The van der Waals surface area contributed by atoms with Crippen LogP contribution in [0.15, 0.2) is 30.5 Å². The number of nitrogens with zero attached hydrogens (tertiary/aromatic N) is 3. The molecule has 0 aliphatic carbocycles. The third-order valence-electron chi connectivity index (χ3n) is 2.65. The van der Waals surface area contributed by atoms with E-state index in [-0.39, 0.29) is 0 Å². The lowest BCUT2D eigenvalue weighted by atomic mass is 10.1. The van der Waals surface area contributed by atoms with E-state index in [9.17, 15) is 0 Å². The van der Waals surface area contributed by atoms with Gasteiger partial charge in [-0.05, 0) is 18.9 Å². The topological polar surface area (TPSA) is 62.7 Å². The molecule has 0 amide bonds. The Kier molecular flexibility index (Phi) is 4.66. The lowest BCUT2D eigenvalue weighted by Gasteiger charge is -2.07. The van der Waals surface area contributed by atoms with Gasteiger partial charge in [-0.3, -0.25) is 0 Å². The number of rotatable bonds is 6. The van der Waals surface area contributed by atoms with Gasteiger partial charge in [-0.25, -0.2) is 0 Å². The maximum absolute atomic E-state index is 4.35. The Bertz CT molecular complexity index is 527. The minimum atomic E-state index is 0.544. The minimum Gasteiger partial charge on any atom is -0.369 e. The van der Waals surface area contributed by atoms with E-state index in [2.05, 4.69) is 57.9 Å². The molecule has 0 saturated heterocycles. The fourth-order valence-corrected chi connectivity index (χ4v) is 1.72. The standard InChI is InChI=1S/C14H19N5/c1-3-7-15-13-10-17-19-14(18-13)16-9-12-6-4-5-11(2)8-12/h4-6,8,10H,3,7,9H2,1-2H3,(H2,15,16,18,19). The number of aromatic nitrogens is 3. The molecule has 0 unspecified atom stereocenters. The number of benzene rings is 1. The second kappa shape index (κ2) is 6.68. The van der Waals surface area contributed by atoms with Crippen LogP contribution >= 0.6 is 0 Å². The van der Waals surface area contributed by atoms with E-state index in [0.29, 0.717) is 12.5 Å². The summed E-state index contributed by atoms with van der Waals surface area (Å²) in [6.07, 6.45) is 2.68. The van der Waals surface area contributed by atoms with Gasteiger partial charge in [-0.1, -0.05) is 36.8 Å². The van der Waals surface area contributed by atoms with Gasteiger partial charge in [0.15, 0.2) is 0 Å². The number of nitrogens with one attached hydrogen (secondary N) is 2. The summed E-state index contributed by atoms with van der Waals surface area (Å²) in [5, 5.41) is 14.3. The number of hydrogen-bond acceptors (Lipinski definition) is 5. The van der Waals surface area contributed by atoms with E-state index in [1.807, 2.05) is 6.07 Å². The van der Waals surface area contributed by atoms with Crippen LogP contribution in [0, 0.1) is 6.92 Å². The van der Waals surface area contributed by atoms with Gasteiger partial charge in [-0.2, -0.15) is 10.1 Å². The monoisotopic (exact) mass is 257 g/mol. The summed E-state index contributed by atoms with van der Waals surface area (Å²) in [5.41, 5.74) is 2.45. The molecule has 0 fully saturated rings. The quantitative estimate of drug-likeness (QED) is 0.833. The van der Waals surface area contributed by atoms with Crippen molar-refractivity contribution in [1.29, 1.82) is 0 Å². The largest absolute Gasteiger partial charge is 0.369 e. The SMILES string of the molecule is CCCNc1cnnc(NCc2cccc(C)c2)n1. The lowest BCUT2D eigenvalue weighted by molar-refractivity contribution is 0.919. The third-order valence-corrected chi connectivity index (χ3v) is 2.65. The highest BCUT2D eigenvalue weighted by Gasteiger charge is 2.00. The average molecular weight is 257 g/mol. The van der Waals surface area contributed by atoms with Crippen LogP contribution in [0.1, 0.15) is 24.5 Å². The number of aryl methyl sites for hydroxylation is 1. The van der Waals surface area contributed by atoms with Crippen molar-refractivity contribution in [3.8, 4) is 0 Å². The molecular weight excluding hydrogens is 238 g/mol. The highest BCUT2D eigenvalue weighted by Crippen LogP contribution is 2.08. The van der Waals surface area contributed by atoms with Crippen molar-refractivity contribution in [3.63, 3.8) is 0 Å². The van der Waals surface area contributed by atoms with E-state index in [0.717, 1.165) is 18.8 Å². The molecule has 2 aromatic rings. The first-order valence-corrected chi connectivity index (χ1v) is 6.51. The zero-order valence-corrected chi connectivity index (χ0v) is 11.3. The van der Waals surface area contributed by atoms with Gasteiger partial charge < -0.3 is 10.6 Å². The van der Waals surface area contributed by atoms with Crippen LogP contribution < -0.4 is 10.6 Å². The molecule has 0 atom stereocenters. The van der Waals surface area contributed by atoms with Gasteiger partial charge in [-0.15, -0.1) is 5.10 Å². The molecule has 5 heteroatoms. The van der Waals surface area contributed by atoms with Crippen LogP contribution in [0.2, 0.25) is 0 Å². The predicted octanol–water partition coefficient (Wildman–Crippen LogP) is 2.61. The van der Waals surface area contributed by atoms with Crippen LogP contribution in [0.4, 0.5) is 11.8 Å². The molecule has 1 heterocycles. The molecule has 1 aromatic carbocycles. The fourth-order valence-electron chi connectivity index (χ4n) is 1.72. The molecule has 0 aliphatic rings. The fraction of sp³-hybridized carbons (Fsp3) is 0.357. The summed E-state index contributed by atoms with van der Waals surface area (Å²) in [6.45, 7) is 5.77. The normalized spacial score (nSPS) is 10.2. The zero-order valence-electron chi connectivity index (χ0n) is 11.3. The Morgan fingerprint density at radius 2 is 2.11 bits per heavy atom. The second-order valence-electron chi connectivity index (χ2n) is 4.43. The van der Waals surface area contributed by atoms with Crippen LogP contribution in [-0.2, 0) is 6.54 Å². The van der Waals surface area contributed by atoms with Crippen LogP contribution in [0.5, 0.6) is 0 Å². The number of hydrogen-bond donors (Lipinski definition) is 2. The molecular formula is C14H19N5. The molecule has 100 valence electrons. The van der Waals surface area contributed by atoms with Crippen molar-refractivity contribution in [2.45, 2.75) is 26.8 Å². The van der Waals surface area contributed by atoms with E-state index < -0.39 is 0 Å². The van der Waals surface area contributed by atoms with Crippen molar-refractivity contribution in [2.75, 3.05) is 17.2 Å². The average Bonchev–Trinajstić information content (AvgIpc) is 2.43. The molecule has 0 aliphatic heterocycles. The lowest BCUT2D eigenvalue weighted by Crippen LogP contribution is -2.08. The highest BCUT2D eigenvalue weighted by molar-refractivity contribution is 5.37. The Balaban J connectivity index is 1.95. The number of anilines is 2. The smallest absolute Gasteiger partial charge is 0.244 e. The Morgan fingerprint density at radius 3 is 2.89 bits per heavy atom. The third kappa shape index (κ3) is 4.21. The summed E-state index contributed by atoms with van der Waals surface area (Å²) >= 11 is 0. The van der Waals surface area contributed by atoms with Gasteiger partial charge in [0.25, 0.3) is 0 Å². The molecule has 1 aromatic heterocycles. The van der Waals surface area contributed by atoms with Crippen molar-refractivity contribution in [3.05, 3.63) is 41.6 Å². The summed E-state index contributed by atoms with van der Waals surface area (Å²) in [7, 11) is 0.